The molecule has 1 N–H and O–H groups in total. The standard InChI is InChI=1S/C26H22F2N4O2/c1-26(27,28)25(34)30-21-15-23(33)31(24(21)17-8-4-2-5-9-17)20-12-13-22-18(14-20)16-29-32(22)19-10-6-3-7-11-19/h2-14,16,21,24H,15H2,1H3,(H,30,34)/t21-,24+/m1/s1. The van der Waals surface area contributed by atoms with Crippen molar-refractivity contribution in [1.29, 1.82) is 0 Å². The number of hydrogen-bond acceptors (Lipinski definition) is 3. The lowest BCUT2D eigenvalue weighted by Crippen LogP contribution is -2.46. The predicted molar refractivity (Wildman–Crippen MR) is 125 cm³/mol. The largest absolute Gasteiger partial charge is 0.345 e. The summed E-state index contributed by atoms with van der Waals surface area (Å²) in [7, 11) is 0. The molecule has 34 heavy (non-hydrogen) atoms. The summed E-state index contributed by atoms with van der Waals surface area (Å²) in [5.41, 5.74) is 3.14. The van der Waals surface area contributed by atoms with Gasteiger partial charge in [-0.1, -0.05) is 48.5 Å². The van der Waals surface area contributed by atoms with Crippen LogP contribution in [0.1, 0.15) is 24.9 Å². The number of para-hydroxylation sites is 1. The second kappa shape index (κ2) is 8.37. The Morgan fingerprint density at radius 1 is 1.00 bits per heavy atom. The molecule has 0 unspecified atom stereocenters. The highest BCUT2D eigenvalue weighted by molar-refractivity contribution is 6.00. The van der Waals surface area contributed by atoms with E-state index in [1.807, 2.05) is 83.5 Å². The van der Waals surface area contributed by atoms with Crippen molar-refractivity contribution < 1.29 is 18.4 Å². The number of rotatable bonds is 5. The molecule has 2 amide bonds. The van der Waals surface area contributed by atoms with E-state index < -0.39 is 23.9 Å². The van der Waals surface area contributed by atoms with Crippen molar-refractivity contribution in [2.45, 2.75) is 31.4 Å². The molecule has 172 valence electrons. The van der Waals surface area contributed by atoms with E-state index in [1.54, 1.807) is 11.1 Å². The highest BCUT2D eigenvalue weighted by Gasteiger charge is 2.45. The van der Waals surface area contributed by atoms with E-state index in [2.05, 4.69) is 10.4 Å². The maximum Gasteiger partial charge on any atom is 0.321 e. The third-order valence-electron chi connectivity index (χ3n) is 6.01. The molecule has 1 aliphatic heterocycles. The first-order valence-electron chi connectivity index (χ1n) is 10.9. The summed E-state index contributed by atoms with van der Waals surface area (Å²) in [4.78, 5) is 26.8. The minimum atomic E-state index is -3.54. The van der Waals surface area contributed by atoms with Crippen LogP contribution in [-0.2, 0) is 9.59 Å². The maximum absolute atomic E-state index is 13.6. The zero-order chi connectivity index (χ0) is 23.9. The number of hydrogen-bond donors (Lipinski definition) is 1. The van der Waals surface area contributed by atoms with Crippen molar-refractivity contribution in [3.63, 3.8) is 0 Å². The fraction of sp³-hybridized carbons (Fsp3) is 0.192. The van der Waals surface area contributed by atoms with Crippen LogP contribution < -0.4 is 10.2 Å². The molecule has 0 aliphatic carbocycles. The molecule has 0 saturated carbocycles. The van der Waals surface area contributed by atoms with E-state index in [1.165, 1.54) is 0 Å². The molecule has 0 spiro atoms. The van der Waals surface area contributed by atoms with Gasteiger partial charge in [0.1, 0.15) is 0 Å². The van der Waals surface area contributed by atoms with Gasteiger partial charge in [-0.15, -0.1) is 0 Å². The number of benzene rings is 3. The molecule has 1 aromatic heterocycles. The SMILES string of the molecule is CC(F)(F)C(=O)N[C@@H]1CC(=O)N(c2ccc3c(cnn3-c3ccccc3)c2)[C@H]1c1ccccc1. The first-order valence-corrected chi connectivity index (χ1v) is 10.9. The summed E-state index contributed by atoms with van der Waals surface area (Å²) in [5.74, 6) is -5.19. The fourth-order valence-corrected chi connectivity index (χ4v) is 4.44. The van der Waals surface area contributed by atoms with E-state index in [9.17, 15) is 18.4 Å². The lowest BCUT2D eigenvalue weighted by atomic mass is 9.99. The molecule has 1 saturated heterocycles. The Bertz CT molecular complexity index is 1350. The number of fused-ring (bicyclic) bond motifs is 1. The summed E-state index contributed by atoms with van der Waals surface area (Å²) in [6.07, 6.45) is 1.64. The van der Waals surface area contributed by atoms with Crippen molar-refractivity contribution in [2.24, 2.45) is 0 Å². The fourth-order valence-electron chi connectivity index (χ4n) is 4.44. The summed E-state index contributed by atoms with van der Waals surface area (Å²) in [6.45, 7) is 0.548. The number of amides is 2. The molecule has 2 atom stereocenters. The van der Waals surface area contributed by atoms with Gasteiger partial charge in [0.05, 0.1) is 29.5 Å². The van der Waals surface area contributed by atoms with Crippen LogP contribution in [0.2, 0.25) is 0 Å². The molecular weight excluding hydrogens is 438 g/mol. The van der Waals surface area contributed by atoms with E-state index in [-0.39, 0.29) is 12.3 Å². The van der Waals surface area contributed by atoms with Gasteiger partial charge in [-0.05, 0) is 35.9 Å². The van der Waals surface area contributed by atoms with Crippen molar-refractivity contribution in [1.82, 2.24) is 15.1 Å². The highest BCUT2D eigenvalue weighted by atomic mass is 19.3. The molecule has 1 fully saturated rings. The zero-order valence-corrected chi connectivity index (χ0v) is 18.4. The lowest BCUT2D eigenvalue weighted by Gasteiger charge is -2.29. The normalized spacial score (nSPS) is 18.4. The van der Waals surface area contributed by atoms with Crippen LogP contribution in [0, 0.1) is 0 Å². The van der Waals surface area contributed by atoms with Gasteiger partial charge in [0.15, 0.2) is 0 Å². The van der Waals surface area contributed by atoms with Crippen molar-refractivity contribution in [3.05, 3.63) is 90.6 Å². The van der Waals surface area contributed by atoms with Crippen LogP contribution in [0.25, 0.3) is 16.6 Å². The second-order valence-corrected chi connectivity index (χ2v) is 8.43. The Morgan fingerprint density at radius 3 is 2.35 bits per heavy atom. The average Bonchev–Trinajstić information content (AvgIpc) is 3.39. The molecule has 6 nitrogen and oxygen atoms in total. The van der Waals surface area contributed by atoms with Crippen LogP contribution in [-0.4, -0.2) is 33.6 Å². The molecule has 0 bridgehead atoms. The van der Waals surface area contributed by atoms with E-state index >= 15 is 0 Å². The van der Waals surface area contributed by atoms with Gasteiger partial charge >= 0.3 is 5.92 Å². The first kappa shape index (κ1) is 21.8. The molecule has 8 heteroatoms. The minimum absolute atomic E-state index is 0.0807. The number of anilines is 1. The highest BCUT2D eigenvalue weighted by Crippen LogP contribution is 2.39. The Kier molecular flexibility index (Phi) is 5.36. The third kappa shape index (κ3) is 3.91. The zero-order valence-electron chi connectivity index (χ0n) is 18.4. The number of nitrogens with one attached hydrogen (secondary N) is 1. The summed E-state index contributed by atoms with van der Waals surface area (Å²) in [5, 5.41) is 7.70. The number of carbonyl (C=O) groups is 2. The number of alkyl halides is 2. The summed E-state index contributed by atoms with van der Waals surface area (Å²) >= 11 is 0. The molecule has 0 radical (unpaired) electrons. The molecule has 3 aromatic carbocycles. The van der Waals surface area contributed by atoms with Gasteiger partial charge in [0.2, 0.25) is 5.91 Å². The van der Waals surface area contributed by atoms with Crippen molar-refractivity contribution >= 4 is 28.4 Å². The molecule has 2 heterocycles. The number of aromatic nitrogens is 2. The van der Waals surface area contributed by atoms with Crippen LogP contribution in [0.4, 0.5) is 14.5 Å². The van der Waals surface area contributed by atoms with E-state index in [4.69, 9.17) is 0 Å². The average molecular weight is 460 g/mol. The van der Waals surface area contributed by atoms with E-state index in [0.717, 1.165) is 22.2 Å². The topological polar surface area (TPSA) is 67.2 Å². The molecule has 5 rings (SSSR count). The van der Waals surface area contributed by atoms with Crippen LogP contribution in [0.15, 0.2) is 85.1 Å². The second-order valence-electron chi connectivity index (χ2n) is 8.43. The van der Waals surface area contributed by atoms with Crippen LogP contribution in [0.3, 0.4) is 0 Å². The van der Waals surface area contributed by atoms with Crippen molar-refractivity contribution in [3.8, 4) is 5.69 Å². The Morgan fingerprint density at radius 2 is 1.68 bits per heavy atom. The Hall–Kier alpha value is -4.07. The maximum atomic E-state index is 13.6. The van der Waals surface area contributed by atoms with E-state index in [0.29, 0.717) is 12.6 Å². The summed E-state index contributed by atoms with van der Waals surface area (Å²) in [6, 6.07) is 22.9. The lowest BCUT2D eigenvalue weighted by molar-refractivity contribution is -0.143. The van der Waals surface area contributed by atoms with Gasteiger partial charge in [0.25, 0.3) is 5.91 Å². The quantitative estimate of drug-likeness (QED) is 0.472. The van der Waals surface area contributed by atoms with Gasteiger partial charge in [-0.2, -0.15) is 13.9 Å². The Labute approximate surface area is 194 Å². The Balaban J connectivity index is 1.54. The van der Waals surface area contributed by atoms with Gasteiger partial charge in [-0.25, -0.2) is 4.68 Å². The third-order valence-corrected chi connectivity index (χ3v) is 6.01. The molecular formula is C26H22F2N4O2. The number of carbonyl (C=O) groups excluding carboxylic acids is 2. The summed E-state index contributed by atoms with van der Waals surface area (Å²) < 4.78 is 29.0. The number of nitrogens with zero attached hydrogens (tertiary/aromatic N) is 3. The first-order chi connectivity index (χ1) is 16.3. The smallest absolute Gasteiger partial charge is 0.321 e. The minimum Gasteiger partial charge on any atom is -0.345 e. The monoisotopic (exact) mass is 460 g/mol. The predicted octanol–water partition coefficient (Wildman–Crippen LogP) is 4.64. The van der Waals surface area contributed by atoms with Crippen molar-refractivity contribution in [2.75, 3.05) is 4.90 Å². The van der Waals surface area contributed by atoms with Gasteiger partial charge < -0.3 is 10.2 Å². The van der Waals surface area contributed by atoms with Crippen LogP contribution in [0.5, 0.6) is 0 Å². The number of halogens is 2. The van der Waals surface area contributed by atoms with Gasteiger partial charge in [0, 0.05) is 24.4 Å². The molecule has 1 aliphatic rings. The molecule has 4 aromatic rings. The van der Waals surface area contributed by atoms with Gasteiger partial charge in [-0.3, -0.25) is 9.59 Å². The van der Waals surface area contributed by atoms with Crippen LogP contribution >= 0.6 is 0 Å².